The van der Waals surface area contributed by atoms with E-state index in [4.69, 9.17) is 9.72 Å². The standard InChI is InChI=1S/C24H22N2O3S/c1-14(2)29-24(28)20-15(3)18-22(27)25-21(26-23(18)30-20)19(16-10-6-4-7-11-16)17-12-8-5-9-13-17/h4-14,19H,1-3H3,(H,25,26,27). The van der Waals surface area contributed by atoms with Crippen LogP contribution in [0.1, 0.15) is 52.0 Å². The highest BCUT2D eigenvalue weighted by Gasteiger charge is 2.24. The number of nitrogens with one attached hydrogen (secondary N) is 1. The van der Waals surface area contributed by atoms with Gasteiger partial charge in [-0.2, -0.15) is 0 Å². The largest absolute Gasteiger partial charge is 0.459 e. The number of ether oxygens (including phenoxy) is 1. The SMILES string of the molecule is Cc1c(C(=O)OC(C)C)sc2nc(C(c3ccccc3)c3ccccc3)[nH]c(=O)c12. The van der Waals surface area contributed by atoms with Crippen molar-refractivity contribution >= 4 is 27.5 Å². The maximum atomic E-state index is 13.0. The second kappa shape index (κ2) is 8.24. The quantitative estimate of drug-likeness (QED) is 0.461. The highest BCUT2D eigenvalue weighted by atomic mass is 32.1. The van der Waals surface area contributed by atoms with Gasteiger partial charge in [-0.1, -0.05) is 60.7 Å². The van der Waals surface area contributed by atoms with Gasteiger partial charge in [0.15, 0.2) is 0 Å². The van der Waals surface area contributed by atoms with Crippen molar-refractivity contribution in [3.05, 3.63) is 98.4 Å². The minimum Gasteiger partial charge on any atom is -0.459 e. The normalized spacial score (nSPS) is 11.4. The van der Waals surface area contributed by atoms with E-state index in [9.17, 15) is 9.59 Å². The lowest BCUT2D eigenvalue weighted by Crippen LogP contribution is -2.16. The number of rotatable bonds is 5. The number of esters is 1. The van der Waals surface area contributed by atoms with E-state index in [0.29, 0.717) is 26.5 Å². The molecule has 0 radical (unpaired) electrons. The summed E-state index contributed by atoms with van der Waals surface area (Å²) in [5, 5.41) is 0.444. The molecular weight excluding hydrogens is 396 g/mol. The molecule has 0 saturated carbocycles. The van der Waals surface area contributed by atoms with Gasteiger partial charge in [0.25, 0.3) is 5.56 Å². The predicted molar refractivity (Wildman–Crippen MR) is 119 cm³/mol. The molecule has 0 amide bonds. The molecule has 1 N–H and O–H groups in total. The Bertz CT molecular complexity index is 1200. The van der Waals surface area contributed by atoms with Crippen LogP contribution >= 0.6 is 11.3 Å². The molecule has 30 heavy (non-hydrogen) atoms. The molecule has 0 bridgehead atoms. The van der Waals surface area contributed by atoms with Gasteiger partial charge in [-0.25, -0.2) is 9.78 Å². The molecule has 0 aliphatic carbocycles. The maximum Gasteiger partial charge on any atom is 0.348 e. The van der Waals surface area contributed by atoms with Gasteiger partial charge in [0.2, 0.25) is 0 Å². The molecule has 0 atom stereocenters. The summed E-state index contributed by atoms with van der Waals surface area (Å²) in [6.07, 6.45) is -0.232. The number of H-pyrrole nitrogens is 1. The number of thiophene rings is 1. The van der Waals surface area contributed by atoms with E-state index in [1.165, 1.54) is 11.3 Å². The number of hydrogen-bond donors (Lipinski definition) is 1. The average molecular weight is 419 g/mol. The Balaban J connectivity index is 1.89. The number of aromatic nitrogens is 2. The molecule has 2 aromatic carbocycles. The Morgan fingerprint density at radius 3 is 2.10 bits per heavy atom. The van der Waals surface area contributed by atoms with Crippen LogP contribution < -0.4 is 5.56 Å². The van der Waals surface area contributed by atoms with Crippen molar-refractivity contribution in [2.45, 2.75) is 32.8 Å². The molecule has 0 fully saturated rings. The van der Waals surface area contributed by atoms with E-state index in [0.717, 1.165) is 11.1 Å². The maximum absolute atomic E-state index is 13.0. The highest BCUT2D eigenvalue weighted by Crippen LogP contribution is 2.33. The highest BCUT2D eigenvalue weighted by molar-refractivity contribution is 7.20. The Morgan fingerprint density at radius 1 is 1.00 bits per heavy atom. The first-order valence-corrected chi connectivity index (χ1v) is 10.6. The monoisotopic (exact) mass is 418 g/mol. The molecule has 2 aromatic heterocycles. The zero-order valence-corrected chi connectivity index (χ0v) is 17.8. The number of hydrogen-bond acceptors (Lipinski definition) is 5. The van der Waals surface area contributed by atoms with Gasteiger partial charge >= 0.3 is 5.97 Å². The van der Waals surface area contributed by atoms with Crippen molar-refractivity contribution in [1.29, 1.82) is 0 Å². The predicted octanol–water partition coefficient (Wildman–Crippen LogP) is 5.04. The zero-order valence-electron chi connectivity index (χ0n) is 17.0. The van der Waals surface area contributed by atoms with E-state index in [1.54, 1.807) is 20.8 Å². The fourth-order valence-electron chi connectivity index (χ4n) is 3.56. The topological polar surface area (TPSA) is 72.0 Å². The van der Waals surface area contributed by atoms with E-state index in [-0.39, 0.29) is 17.6 Å². The van der Waals surface area contributed by atoms with Crippen LogP contribution in [0.3, 0.4) is 0 Å². The van der Waals surface area contributed by atoms with E-state index in [1.807, 2.05) is 60.7 Å². The Labute approximate surface area is 178 Å². The third-order valence-electron chi connectivity index (χ3n) is 4.89. The van der Waals surface area contributed by atoms with E-state index >= 15 is 0 Å². The Hall–Kier alpha value is -3.25. The molecule has 0 unspecified atom stereocenters. The van der Waals surface area contributed by atoms with Crippen LogP contribution in [0.15, 0.2) is 65.5 Å². The molecule has 4 aromatic rings. The molecule has 0 saturated heterocycles. The van der Waals surface area contributed by atoms with Crippen LogP contribution in [0.25, 0.3) is 10.2 Å². The van der Waals surface area contributed by atoms with E-state index in [2.05, 4.69) is 4.98 Å². The van der Waals surface area contributed by atoms with Gasteiger partial charge in [-0.15, -0.1) is 11.3 Å². The lowest BCUT2D eigenvalue weighted by Gasteiger charge is -2.17. The second-order valence-electron chi connectivity index (χ2n) is 7.40. The number of fused-ring (bicyclic) bond motifs is 1. The van der Waals surface area contributed by atoms with Gasteiger partial charge in [-0.05, 0) is 37.5 Å². The van der Waals surface area contributed by atoms with Gasteiger partial charge in [-0.3, -0.25) is 4.79 Å². The summed E-state index contributed by atoms with van der Waals surface area (Å²) in [5.41, 5.74) is 2.42. The Morgan fingerprint density at radius 2 is 1.57 bits per heavy atom. The summed E-state index contributed by atoms with van der Waals surface area (Å²) >= 11 is 1.20. The number of nitrogens with zero attached hydrogens (tertiary/aromatic N) is 1. The molecule has 0 aliphatic rings. The van der Waals surface area contributed by atoms with Crippen molar-refractivity contribution in [2.75, 3.05) is 0 Å². The summed E-state index contributed by atoms with van der Waals surface area (Å²) in [4.78, 5) is 34.2. The molecule has 4 rings (SSSR count). The molecule has 5 nitrogen and oxygen atoms in total. The minimum absolute atomic E-state index is 0.224. The summed E-state index contributed by atoms with van der Waals surface area (Å²) in [6.45, 7) is 5.36. The average Bonchev–Trinajstić information content (AvgIpc) is 3.06. The van der Waals surface area contributed by atoms with Gasteiger partial charge in [0.05, 0.1) is 17.4 Å². The molecular formula is C24H22N2O3S. The van der Waals surface area contributed by atoms with Gasteiger partial charge in [0, 0.05) is 0 Å². The van der Waals surface area contributed by atoms with Gasteiger partial charge in [0.1, 0.15) is 15.5 Å². The molecule has 0 spiro atoms. The fraction of sp³-hybridized carbons (Fsp3) is 0.208. The van der Waals surface area contributed by atoms with Crippen LogP contribution in [0.5, 0.6) is 0 Å². The lowest BCUT2D eigenvalue weighted by atomic mass is 9.90. The number of benzene rings is 2. The molecule has 2 heterocycles. The first-order valence-electron chi connectivity index (χ1n) is 9.80. The first-order chi connectivity index (χ1) is 14.5. The second-order valence-corrected chi connectivity index (χ2v) is 8.40. The van der Waals surface area contributed by atoms with E-state index < -0.39 is 5.97 Å². The van der Waals surface area contributed by atoms with Crippen LogP contribution in [0, 0.1) is 6.92 Å². The molecule has 0 aliphatic heterocycles. The van der Waals surface area contributed by atoms with Gasteiger partial charge < -0.3 is 9.72 Å². The molecule has 6 heteroatoms. The van der Waals surface area contributed by atoms with Crippen LogP contribution in [-0.4, -0.2) is 22.0 Å². The number of carbonyl (C=O) groups is 1. The summed E-state index contributed by atoms with van der Waals surface area (Å²) in [7, 11) is 0. The first kappa shape index (κ1) is 20.0. The number of carbonyl (C=O) groups excluding carboxylic acids is 1. The van der Waals surface area contributed by atoms with Crippen molar-refractivity contribution in [3.8, 4) is 0 Å². The van der Waals surface area contributed by atoms with Crippen molar-refractivity contribution in [3.63, 3.8) is 0 Å². The minimum atomic E-state index is -0.422. The van der Waals surface area contributed by atoms with Crippen LogP contribution in [-0.2, 0) is 4.74 Å². The summed E-state index contributed by atoms with van der Waals surface area (Å²) in [5.74, 6) is -0.0954. The lowest BCUT2D eigenvalue weighted by molar-refractivity contribution is 0.0383. The van der Waals surface area contributed by atoms with Crippen molar-refractivity contribution in [1.82, 2.24) is 9.97 Å². The van der Waals surface area contributed by atoms with Crippen LogP contribution in [0.2, 0.25) is 0 Å². The zero-order chi connectivity index (χ0) is 21.3. The van der Waals surface area contributed by atoms with Crippen molar-refractivity contribution in [2.24, 2.45) is 0 Å². The fourth-order valence-corrected chi connectivity index (χ4v) is 4.63. The van der Waals surface area contributed by atoms with Crippen molar-refractivity contribution < 1.29 is 9.53 Å². The number of aryl methyl sites for hydroxylation is 1. The third kappa shape index (κ3) is 3.78. The summed E-state index contributed by atoms with van der Waals surface area (Å²) < 4.78 is 5.33. The smallest absolute Gasteiger partial charge is 0.348 e. The summed E-state index contributed by atoms with van der Waals surface area (Å²) in [6, 6.07) is 19.9. The molecule has 152 valence electrons. The third-order valence-corrected chi connectivity index (χ3v) is 6.05. The Kier molecular flexibility index (Phi) is 5.50. The van der Waals surface area contributed by atoms with Crippen LogP contribution in [0.4, 0.5) is 0 Å². The number of aromatic amines is 1.